The molecule has 0 aliphatic carbocycles. The average Bonchev–Trinajstić information content (AvgIpc) is 2.59. The van der Waals surface area contributed by atoms with Crippen molar-refractivity contribution in [2.75, 3.05) is 0 Å². The Hall–Kier alpha value is -2.29. The lowest BCUT2D eigenvalue weighted by atomic mass is 9.87. The van der Waals surface area contributed by atoms with Gasteiger partial charge in [0.05, 0.1) is 6.04 Å². The zero-order valence-electron chi connectivity index (χ0n) is 17.7. The van der Waals surface area contributed by atoms with Crippen LogP contribution in [-0.2, 0) is 10.2 Å². The molecule has 2 aromatic carbocycles. The fourth-order valence-electron chi connectivity index (χ4n) is 3.20. The number of rotatable bonds is 6. The minimum atomic E-state index is -0.551. The minimum absolute atomic E-state index is 0.00702. The smallest absolute Gasteiger partial charge is 0.261 e. The number of benzene rings is 2. The van der Waals surface area contributed by atoms with Crippen molar-refractivity contribution < 1.29 is 9.53 Å². The normalized spacial score (nSPS) is 13.7. The number of amides is 1. The number of carbonyl (C=O) groups is 1. The summed E-state index contributed by atoms with van der Waals surface area (Å²) in [5.41, 5.74) is 4.94. The summed E-state index contributed by atoms with van der Waals surface area (Å²) >= 11 is 0. The van der Waals surface area contributed by atoms with Crippen molar-refractivity contribution >= 4 is 5.91 Å². The second-order valence-corrected chi connectivity index (χ2v) is 8.36. The summed E-state index contributed by atoms with van der Waals surface area (Å²) < 4.78 is 5.86. The van der Waals surface area contributed by atoms with Crippen molar-refractivity contribution in [2.24, 2.45) is 0 Å². The zero-order valence-corrected chi connectivity index (χ0v) is 17.7. The van der Waals surface area contributed by atoms with E-state index in [2.05, 4.69) is 77.2 Å². The summed E-state index contributed by atoms with van der Waals surface area (Å²) in [5.74, 6) is 0.618. The highest BCUT2D eigenvalue weighted by molar-refractivity contribution is 5.81. The molecule has 1 amide bonds. The summed E-state index contributed by atoms with van der Waals surface area (Å²) in [6.07, 6.45) is 0.285. The first-order valence-electron chi connectivity index (χ1n) is 9.76. The van der Waals surface area contributed by atoms with Crippen LogP contribution in [0.3, 0.4) is 0 Å². The Balaban J connectivity index is 2.03. The van der Waals surface area contributed by atoms with Crippen LogP contribution in [0.25, 0.3) is 0 Å². The Morgan fingerprint density at radius 3 is 2.22 bits per heavy atom. The van der Waals surface area contributed by atoms with Crippen LogP contribution in [0.15, 0.2) is 42.5 Å². The standard InChI is InChI=1S/C24H33NO2/c1-8-22(21-14-9-16(2)15-17(21)3)25-23(26)18(4)27-20-12-10-19(11-13-20)24(5,6)7/h9-15,18,22H,8H2,1-7H3,(H,25,26)/t18-,22-/m1/s1. The molecule has 0 heterocycles. The largest absolute Gasteiger partial charge is 0.481 e. The molecule has 1 N–H and O–H groups in total. The van der Waals surface area contributed by atoms with Crippen LogP contribution in [0.4, 0.5) is 0 Å². The number of hydrogen-bond donors (Lipinski definition) is 1. The van der Waals surface area contributed by atoms with Gasteiger partial charge in [0.15, 0.2) is 6.10 Å². The molecule has 146 valence electrons. The third-order valence-electron chi connectivity index (χ3n) is 4.93. The predicted octanol–water partition coefficient (Wildman–Crippen LogP) is 5.64. The molecule has 2 atom stereocenters. The molecule has 0 saturated heterocycles. The molecule has 2 rings (SSSR count). The van der Waals surface area contributed by atoms with E-state index in [1.165, 1.54) is 16.7 Å². The van der Waals surface area contributed by atoms with Crippen molar-refractivity contribution in [1.82, 2.24) is 5.32 Å². The fourth-order valence-corrected chi connectivity index (χ4v) is 3.20. The van der Waals surface area contributed by atoms with Crippen LogP contribution >= 0.6 is 0 Å². The van der Waals surface area contributed by atoms with Crippen LogP contribution in [0.2, 0.25) is 0 Å². The Kier molecular flexibility index (Phi) is 6.69. The van der Waals surface area contributed by atoms with Gasteiger partial charge in [-0.25, -0.2) is 0 Å². The number of nitrogens with one attached hydrogen (secondary N) is 1. The van der Waals surface area contributed by atoms with Gasteiger partial charge >= 0.3 is 0 Å². The molecule has 0 saturated carbocycles. The highest BCUT2D eigenvalue weighted by atomic mass is 16.5. The first-order chi connectivity index (χ1) is 12.6. The van der Waals surface area contributed by atoms with Gasteiger partial charge < -0.3 is 10.1 Å². The van der Waals surface area contributed by atoms with Crippen molar-refractivity contribution in [3.8, 4) is 5.75 Å². The van der Waals surface area contributed by atoms with Gasteiger partial charge in [0, 0.05) is 0 Å². The molecule has 27 heavy (non-hydrogen) atoms. The molecule has 0 unspecified atom stereocenters. The van der Waals surface area contributed by atoms with E-state index in [9.17, 15) is 4.79 Å². The number of hydrogen-bond acceptors (Lipinski definition) is 2. The molecule has 0 aliphatic rings. The van der Waals surface area contributed by atoms with E-state index in [1.807, 2.05) is 12.1 Å². The van der Waals surface area contributed by atoms with Crippen molar-refractivity contribution in [3.05, 3.63) is 64.7 Å². The van der Waals surface area contributed by atoms with Gasteiger partial charge in [0.2, 0.25) is 0 Å². The van der Waals surface area contributed by atoms with Gasteiger partial charge in [0.1, 0.15) is 5.75 Å². The lowest BCUT2D eigenvalue weighted by molar-refractivity contribution is -0.128. The third kappa shape index (κ3) is 5.59. The Labute approximate surface area is 164 Å². The van der Waals surface area contributed by atoms with Gasteiger partial charge in [0.25, 0.3) is 5.91 Å². The third-order valence-corrected chi connectivity index (χ3v) is 4.93. The SMILES string of the molecule is CC[C@@H](NC(=O)[C@@H](C)Oc1ccc(C(C)(C)C)cc1)c1ccc(C)cc1C. The zero-order chi connectivity index (χ0) is 20.2. The van der Waals surface area contributed by atoms with E-state index in [4.69, 9.17) is 4.74 Å². The second kappa shape index (κ2) is 8.60. The topological polar surface area (TPSA) is 38.3 Å². The van der Waals surface area contributed by atoms with E-state index in [0.717, 1.165) is 12.0 Å². The summed E-state index contributed by atoms with van der Waals surface area (Å²) in [6, 6.07) is 14.3. The van der Waals surface area contributed by atoms with E-state index >= 15 is 0 Å². The quantitative estimate of drug-likeness (QED) is 0.718. The van der Waals surface area contributed by atoms with Crippen LogP contribution in [-0.4, -0.2) is 12.0 Å². The number of carbonyl (C=O) groups excluding carboxylic acids is 1. The predicted molar refractivity (Wildman–Crippen MR) is 112 cm³/mol. The molecule has 2 aromatic rings. The summed E-state index contributed by atoms with van der Waals surface area (Å²) in [6.45, 7) is 14.6. The molecule has 0 aromatic heterocycles. The van der Waals surface area contributed by atoms with Crippen molar-refractivity contribution in [3.63, 3.8) is 0 Å². The minimum Gasteiger partial charge on any atom is -0.481 e. The highest BCUT2D eigenvalue weighted by Gasteiger charge is 2.21. The van der Waals surface area contributed by atoms with E-state index in [1.54, 1.807) is 6.92 Å². The van der Waals surface area contributed by atoms with Gasteiger partial charge in [-0.2, -0.15) is 0 Å². The Morgan fingerprint density at radius 1 is 1.07 bits per heavy atom. The van der Waals surface area contributed by atoms with Crippen molar-refractivity contribution in [1.29, 1.82) is 0 Å². The molecule has 0 bridgehead atoms. The van der Waals surface area contributed by atoms with Gasteiger partial charge in [-0.05, 0) is 61.4 Å². The van der Waals surface area contributed by atoms with Crippen LogP contribution in [0.5, 0.6) is 5.75 Å². The fraction of sp³-hybridized carbons (Fsp3) is 0.458. The molecule has 0 spiro atoms. The van der Waals surface area contributed by atoms with Crippen molar-refractivity contribution in [2.45, 2.75) is 72.4 Å². The first kappa shape index (κ1) is 21.0. The lowest BCUT2D eigenvalue weighted by Crippen LogP contribution is -2.38. The lowest BCUT2D eigenvalue weighted by Gasteiger charge is -2.23. The number of ether oxygens (including phenoxy) is 1. The van der Waals surface area contributed by atoms with Crippen LogP contribution in [0.1, 0.15) is 69.3 Å². The molecule has 3 heteroatoms. The maximum Gasteiger partial charge on any atom is 0.261 e. The molecular weight excluding hydrogens is 334 g/mol. The van der Waals surface area contributed by atoms with E-state index < -0.39 is 6.10 Å². The van der Waals surface area contributed by atoms with Gasteiger partial charge in [-0.3, -0.25) is 4.79 Å². The summed E-state index contributed by atoms with van der Waals surface area (Å²) in [4.78, 5) is 12.7. The molecule has 0 radical (unpaired) electrons. The maximum absolute atomic E-state index is 12.7. The highest BCUT2D eigenvalue weighted by Crippen LogP contribution is 2.25. The average molecular weight is 368 g/mol. The molecule has 0 fully saturated rings. The monoisotopic (exact) mass is 367 g/mol. The second-order valence-electron chi connectivity index (χ2n) is 8.36. The van der Waals surface area contributed by atoms with E-state index in [-0.39, 0.29) is 17.4 Å². The maximum atomic E-state index is 12.7. The van der Waals surface area contributed by atoms with Crippen LogP contribution in [0, 0.1) is 13.8 Å². The summed E-state index contributed by atoms with van der Waals surface area (Å²) in [7, 11) is 0. The number of aryl methyl sites for hydroxylation is 2. The summed E-state index contributed by atoms with van der Waals surface area (Å²) in [5, 5.41) is 3.13. The Morgan fingerprint density at radius 2 is 1.70 bits per heavy atom. The van der Waals surface area contributed by atoms with Gasteiger partial charge in [-0.1, -0.05) is 63.6 Å². The first-order valence-corrected chi connectivity index (χ1v) is 9.76. The molecular formula is C24H33NO2. The van der Waals surface area contributed by atoms with Crippen LogP contribution < -0.4 is 10.1 Å². The molecule has 0 aliphatic heterocycles. The molecule has 3 nitrogen and oxygen atoms in total. The Bertz CT molecular complexity index is 772. The van der Waals surface area contributed by atoms with Gasteiger partial charge in [-0.15, -0.1) is 0 Å². The van der Waals surface area contributed by atoms with E-state index in [0.29, 0.717) is 5.75 Å².